The van der Waals surface area contributed by atoms with Gasteiger partial charge in [0.1, 0.15) is 12.3 Å². The van der Waals surface area contributed by atoms with E-state index in [4.69, 9.17) is 9.84 Å². The van der Waals surface area contributed by atoms with E-state index in [1.54, 1.807) is 30.3 Å². The molecule has 0 atom stereocenters. The van der Waals surface area contributed by atoms with E-state index >= 15 is 0 Å². The number of carbonyl (C=O) groups is 1. The zero-order valence-corrected chi connectivity index (χ0v) is 20.7. The maximum Gasteiger partial charge on any atom is 0.329 e. The van der Waals surface area contributed by atoms with Crippen molar-refractivity contribution in [2.45, 2.75) is 37.3 Å². The van der Waals surface area contributed by atoms with Crippen LogP contribution in [0.25, 0.3) is 22.4 Å². The molecule has 192 valence electrons. The molecule has 36 heavy (non-hydrogen) atoms. The fourth-order valence-corrected chi connectivity index (χ4v) is 5.90. The Morgan fingerprint density at radius 3 is 2.36 bits per heavy atom. The van der Waals surface area contributed by atoms with Gasteiger partial charge in [0, 0.05) is 29.5 Å². The number of hydrogen-bond acceptors (Lipinski definition) is 5. The van der Waals surface area contributed by atoms with Crippen molar-refractivity contribution in [1.29, 1.82) is 0 Å². The molecule has 0 aliphatic heterocycles. The number of aromatic nitrogens is 2. The van der Waals surface area contributed by atoms with Crippen molar-refractivity contribution in [2.24, 2.45) is 11.8 Å². The van der Waals surface area contributed by atoms with Crippen LogP contribution in [0.2, 0.25) is 0 Å². The highest BCUT2D eigenvalue weighted by atomic mass is 32.2. The van der Waals surface area contributed by atoms with E-state index in [1.165, 1.54) is 16.8 Å². The van der Waals surface area contributed by atoms with Crippen LogP contribution < -0.4 is 0 Å². The van der Waals surface area contributed by atoms with Crippen molar-refractivity contribution >= 4 is 15.8 Å². The fourth-order valence-electron chi connectivity index (χ4n) is 4.82. The SMILES string of the molecule is CS(=O)(=O)c1c(-c2cccc(F)c2F)c(-c2ccccc2)nn1C[C@H]1CC[C@@H](COCC(=O)O)CC1. The highest BCUT2D eigenvalue weighted by Crippen LogP contribution is 2.40. The minimum atomic E-state index is -3.88. The molecule has 1 aliphatic carbocycles. The van der Waals surface area contributed by atoms with Gasteiger partial charge in [-0.25, -0.2) is 22.0 Å². The maximum absolute atomic E-state index is 15.0. The normalized spacial score (nSPS) is 18.3. The van der Waals surface area contributed by atoms with Crippen molar-refractivity contribution in [3.8, 4) is 22.4 Å². The van der Waals surface area contributed by atoms with E-state index in [1.807, 2.05) is 0 Å². The van der Waals surface area contributed by atoms with Crippen LogP contribution in [0.3, 0.4) is 0 Å². The molecule has 0 radical (unpaired) electrons. The Kier molecular flexibility index (Phi) is 7.85. The number of sulfone groups is 1. The van der Waals surface area contributed by atoms with Crippen molar-refractivity contribution in [3.63, 3.8) is 0 Å². The van der Waals surface area contributed by atoms with Gasteiger partial charge in [-0.2, -0.15) is 5.10 Å². The third-order valence-corrected chi connectivity index (χ3v) is 7.62. The molecule has 0 saturated heterocycles. The first kappa shape index (κ1) is 26.0. The molecule has 1 fully saturated rings. The molecule has 1 aromatic heterocycles. The molecule has 3 aromatic rings. The quantitative estimate of drug-likeness (QED) is 0.437. The Balaban J connectivity index is 1.70. The number of rotatable bonds is 9. The Bertz CT molecular complexity index is 1330. The zero-order chi connectivity index (χ0) is 25.9. The number of carboxylic acids is 1. The molecule has 7 nitrogen and oxygen atoms in total. The second-order valence-electron chi connectivity index (χ2n) is 9.25. The summed E-state index contributed by atoms with van der Waals surface area (Å²) in [6, 6.07) is 12.6. The highest BCUT2D eigenvalue weighted by molar-refractivity contribution is 7.90. The van der Waals surface area contributed by atoms with E-state index in [0.29, 0.717) is 18.7 Å². The molecule has 4 rings (SSSR count). The van der Waals surface area contributed by atoms with Crippen molar-refractivity contribution in [1.82, 2.24) is 9.78 Å². The lowest BCUT2D eigenvalue weighted by molar-refractivity contribution is -0.142. The van der Waals surface area contributed by atoms with Gasteiger partial charge in [0.25, 0.3) is 0 Å². The number of ether oxygens (including phenoxy) is 1. The van der Waals surface area contributed by atoms with Crippen LogP contribution in [0.1, 0.15) is 25.7 Å². The summed E-state index contributed by atoms with van der Waals surface area (Å²) < 4.78 is 61.8. The Morgan fingerprint density at radius 2 is 1.72 bits per heavy atom. The predicted octanol–water partition coefficient (Wildman–Crippen LogP) is 4.81. The molecule has 0 unspecified atom stereocenters. The van der Waals surface area contributed by atoms with Gasteiger partial charge in [0.05, 0.1) is 6.61 Å². The van der Waals surface area contributed by atoms with Crippen LogP contribution in [0.5, 0.6) is 0 Å². The van der Waals surface area contributed by atoms with E-state index in [9.17, 15) is 22.0 Å². The summed E-state index contributed by atoms with van der Waals surface area (Å²) >= 11 is 0. The summed E-state index contributed by atoms with van der Waals surface area (Å²) in [4.78, 5) is 10.7. The van der Waals surface area contributed by atoms with Gasteiger partial charge in [0.2, 0.25) is 0 Å². The van der Waals surface area contributed by atoms with Gasteiger partial charge in [-0.3, -0.25) is 4.68 Å². The third-order valence-electron chi connectivity index (χ3n) is 6.50. The summed E-state index contributed by atoms with van der Waals surface area (Å²) in [6.45, 7) is 0.352. The van der Waals surface area contributed by atoms with Crippen LogP contribution in [-0.2, 0) is 25.9 Å². The average molecular weight is 519 g/mol. The lowest BCUT2D eigenvalue weighted by Gasteiger charge is -2.28. The molecule has 0 amide bonds. The molecular weight excluding hydrogens is 490 g/mol. The van der Waals surface area contributed by atoms with Crippen LogP contribution in [0.4, 0.5) is 8.78 Å². The minimum absolute atomic E-state index is 0.0523. The van der Waals surface area contributed by atoms with Gasteiger partial charge >= 0.3 is 5.97 Å². The molecule has 1 saturated carbocycles. The molecule has 1 N–H and O–H groups in total. The molecule has 2 aromatic carbocycles. The third kappa shape index (κ3) is 5.82. The molecular formula is C26H28F2N2O5S. The summed E-state index contributed by atoms with van der Waals surface area (Å²) in [7, 11) is -3.88. The number of aliphatic carboxylic acids is 1. The number of benzene rings is 2. The lowest BCUT2D eigenvalue weighted by atomic mass is 9.82. The number of halogens is 2. The Morgan fingerprint density at radius 1 is 1.06 bits per heavy atom. The molecule has 1 heterocycles. The van der Waals surface area contributed by atoms with Crippen molar-refractivity contribution in [2.75, 3.05) is 19.5 Å². The van der Waals surface area contributed by atoms with Crippen molar-refractivity contribution < 1.29 is 31.8 Å². The molecule has 1 aliphatic rings. The van der Waals surface area contributed by atoms with Gasteiger partial charge in [-0.1, -0.05) is 42.5 Å². The molecule has 10 heteroatoms. The van der Waals surface area contributed by atoms with E-state index < -0.39 is 27.4 Å². The van der Waals surface area contributed by atoms with Gasteiger partial charge in [-0.15, -0.1) is 0 Å². The first-order chi connectivity index (χ1) is 17.1. The average Bonchev–Trinajstić information content (AvgIpc) is 3.22. The summed E-state index contributed by atoms with van der Waals surface area (Å²) in [5, 5.41) is 13.2. The van der Waals surface area contributed by atoms with E-state index in [0.717, 1.165) is 38.0 Å². The summed E-state index contributed by atoms with van der Waals surface area (Å²) in [6.07, 6.45) is 4.25. The first-order valence-electron chi connectivity index (χ1n) is 11.7. The smallest absolute Gasteiger partial charge is 0.329 e. The number of carboxylic acid groups (broad SMARTS) is 1. The largest absolute Gasteiger partial charge is 0.480 e. The standard InChI is InChI=1S/C26H28F2N2O5S/c1-36(33,34)26-23(20-8-5-9-21(27)24(20)28)25(19-6-3-2-4-7-19)29-30(26)14-17-10-12-18(13-11-17)15-35-16-22(31)32/h2-9,17-18H,10-16H2,1H3,(H,31,32)/t17-,18+. The maximum atomic E-state index is 15.0. The van der Waals surface area contributed by atoms with Gasteiger partial charge in [0.15, 0.2) is 26.5 Å². The van der Waals surface area contributed by atoms with Gasteiger partial charge < -0.3 is 9.84 Å². The summed E-state index contributed by atoms with van der Waals surface area (Å²) in [5.41, 5.74) is 0.770. The fraction of sp³-hybridized carbons (Fsp3) is 0.385. The number of hydrogen-bond donors (Lipinski definition) is 1. The van der Waals surface area contributed by atoms with E-state index in [-0.39, 0.29) is 40.3 Å². The van der Waals surface area contributed by atoms with E-state index in [2.05, 4.69) is 5.10 Å². The molecule has 0 bridgehead atoms. The first-order valence-corrected chi connectivity index (χ1v) is 13.6. The second kappa shape index (κ2) is 10.9. The Hall–Kier alpha value is -3.11. The van der Waals surface area contributed by atoms with Crippen LogP contribution in [0, 0.1) is 23.5 Å². The van der Waals surface area contributed by atoms with Crippen LogP contribution in [-0.4, -0.2) is 48.7 Å². The monoisotopic (exact) mass is 518 g/mol. The number of nitrogens with zero attached hydrogens (tertiary/aromatic N) is 2. The predicted molar refractivity (Wildman–Crippen MR) is 130 cm³/mol. The minimum Gasteiger partial charge on any atom is -0.480 e. The van der Waals surface area contributed by atoms with Crippen molar-refractivity contribution in [3.05, 3.63) is 60.2 Å². The second-order valence-corrected chi connectivity index (χ2v) is 11.2. The summed E-state index contributed by atoms with van der Waals surface area (Å²) in [5.74, 6) is -2.84. The highest BCUT2D eigenvalue weighted by Gasteiger charge is 2.31. The Labute approximate surface area is 208 Å². The topological polar surface area (TPSA) is 98.5 Å². The molecule has 0 spiro atoms. The lowest BCUT2D eigenvalue weighted by Crippen LogP contribution is -2.24. The van der Waals surface area contributed by atoms with Crippen LogP contribution >= 0.6 is 0 Å². The van der Waals surface area contributed by atoms with Gasteiger partial charge in [-0.05, 0) is 43.6 Å². The zero-order valence-electron chi connectivity index (χ0n) is 19.9. The van der Waals surface area contributed by atoms with Crippen LogP contribution in [0.15, 0.2) is 53.6 Å².